The van der Waals surface area contributed by atoms with Crippen molar-refractivity contribution in [3.8, 4) is 0 Å². The van der Waals surface area contributed by atoms with Crippen molar-refractivity contribution in [2.45, 2.75) is 19.4 Å². The normalized spacial score (nSPS) is 20.5. The van der Waals surface area contributed by atoms with Gasteiger partial charge in [0.2, 0.25) is 0 Å². The molecule has 2 nitrogen and oxygen atoms in total. The van der Waals surface area contributed by atoms with Gasteiger partial charge in [0.1, 0.15) is 0 Å². The Bertz CT molecular complexity index is 344. The molecule has 0 amide bonds. The summed E-state index contributed by atoms with van der Waals surface area (Å²) in [5.41, 5.74) is 1.12. The average molecular weight is 274 g/mol. The lowest BCUT2D eigenvalue weighted by molar-refractivity contribution is 0.0547. The molecule has 1 aromatic carbocycles. The van der Waals surface area contributed by atoms with Gasteiger partial charge in [-0.25, -0.2) is 0 Å². The van der Waals surface area contributed by atoms with Crippen LogP contribution in [0.1, 0.15) is 18.4 Å². The van der Waals surface area contributed by atoms with E-state index in [0.29, 0.717) is 16.0 Å². The number of nitrogens with one attached hydrogen (secondary N) is 1. The first kappa shape index (κ1) is 13.2. The second-order valence-electron chi connectivity index (χ2n) is 4.49. The number of rotatable bonds is 4. The first-order valence-corrected chi connectivity index (χ1v) is 6.73. The van der Waals surface area contributed by atoms with Crippen molar-refractivity contribution < 1.29 is 4.74 Å². The fourth-order valence-corrected chi connectivity index (χ4v) is 2.67. The number of hydrogen-bond acceptors (Lipinski definition) is 2. The van der Waals surface area contributed by atoms with Gasteiger partial charge in [-0.3, -0.25) is 0 Å². The first-order chi connectivity index (χ1) is 8.24. The van der Waals surface area contributed by atoms with Gasteiger partial charge in [-0.1, -0.05) is 23.2 Å². The highest BCUT2D eigenvalue weighted by Gasteiger charge is 2.12. The minimum absolute atomic E-state index is 0.637. The van der Waals surface area contributed by atoms with Gasteiger partial charge >= 0.3 is 0 Å². The molecule has 0 radical (unpaired) electrons. The first-order valence-electron chi connectivity index (χ1n) is 5.97. The molecule has 0 aliphatic carbocycles. The van der Waals surface area contributed by atoms with Crippen molar-refractivity contribution in [1.82, 2.24) is 5.32 Å². The molecule has 0 spiro atoms. The fraction of sp³-hybridized carbons (Fsp3) is 0.538. The highest BCUT2D eigenvalue weighted by molar-refractivity contribution is 6.34. The van der Waals surface area contributed by atoms with E-state index in [-0.39, 0.29) is 0 Å². The summed E-state index contributed by atoms with van der Waals surface area (Å²) in [6, 6.07) is 5.64. The van der Waals surface area contributed by atoms with Crippen LogP contribution in [0.4, 0.5) is 0 Å². The van der Waals surface area contributed by atoms with E-state index in [0.717, 1.165) is 31.9 Å². The van der Waals surface area contributed by atoms with Crippen LogP contribution in [-0.4, -0.2) is 19.8 Å². The Labute approximate surface area is 112 Å². The smallest absolute Gasteiger partial charge is 0.0506 e. The third-order valence-electron chi connectivity index (χ3n) is 2.94. The number of ether oxygens (including phenoxy) is 1. The molecular weight excluding hydrogens is 257 g/mol. The van der Waals surface area contributed by atoms with Crippen molar-refractivity contribution in [1.29, 1.82) is 0 Å². The minimum Gasteiger partial charge on any atom is -0.381 e. The van der Waals surface area contributed by atoms with Crippen LogP contribution in [0.3, 0.4) is 0 Å². The summed E-state index contributed by atoms with van der Waals surface area (Å²) in [5.74, 6) is 0.637. The molecule has 2 rings (SSSR count). The third-order valence-corrected chi connectivity index (χ3v) is 3.38. The summed E-state index contributed by atoms with van der Waals surface area (Å²) in [6.07, 6.45) is 2.43. The maximum absolute atomic E-state index is 5.95. The molecule has 1 fully saturated rings. The van der Waals surface area contributed by atoms with Crippen LogP contribution in [0.2, 0.25) is 10.0 Å². The molecule has 0 saturated carbocycles. The van der Waals surface area contributed by atoms with E-state index in [2.05, 4.69) is 5.32 Å². The van der Waals surface area contributed by atoms with Crippen LogP contribution < -0.4 is 5.32 Å². The van der Waals surface area contributed by atoms with Gasteiger partial charge in [0.25, 0.3) is 0 Å². The molecular formula is C13H17Cl2NO. The topological polar surface area (TPSA) is 21.3 Å². The van der Waals surface area contributed by atoms with Gasteiger partial charge in [0.15, 0.2) is 0 Å². The Morgan fingerprint density at radius 2 is 2.00 bits per heavy atom. The van der Waals surface area contributed by atoms with Gasteiger partial charge in [-0.2, -0.15) is 0 Å². The van der Waals surface area contributed by atoms with E-state index < -0.39 is 0 Å². The second-order valence-corrected chi connectivity index (χ2v) is 5.36. The Kier molecular flexibility index (Phi) is 5.11. The SMILES string of the molecule is Clc1cc(Cl)cc(CNCC2CCCOC2)c1. The molecule has 1 heterocycles. The quantitative estimate of drug-likeness (QED) is 0.907. The Hall–Kier alpha value is -0.280. The summed E-state index contributed by atoms with van der Waals surface area (Å²) in [5, 5.41) is 4.81. The van der Waals surface area contributed by atoms with E-state index >= 15 is 0 Å². The lowest BCUT2D eigenvalue weighted by atomic mass is 10.0. The largest absolute Gasteiger partial charge is 0.381 e. The van der Waals surface area contributed by atoms with Crippen LogP contribution in [-0.2, 0) is 11.3 Å². The average Bonchev–Trinajstić information content (AvgIpc) is 2.29. The molecule has 1 unspecified atom stereocenters. The summed E-state index contributed by atoms with van der Waals surface area (Å²) in [7, 11) is 0. The van der Waals surface area contributed by atoms with Crippen molar-refractivity contribution in [3.63, 3.8) is 0 Å². The van der Waals surface area contributed by atoms with E-state index in [4.69, 9.17) is 27.9 Å². The van der Waals surface area contributed by atoms with Crippen LogP contribution in [0.15, 0.2) is 18.2 Å². The molecule has 1 N–H and O–H groups in total. The summed E-state index contributed by atoms with van der Waals surface area (Å²) in [6.45, 7) is 3.59. The van der Waals surface area contributed by atoms with Gasteiger partial charge in [0.05, 0.1) is 6.61 Å². The lowest BCUT2D eigenvalue weighted by Gasteiger charge is -2.22. The maximum atomic E-state index is 5.95. The van der Waals surface area contributed by atoms with E-state index in [1.807, 2.05) is 12.1 Å². The summed E-state index contributed by atoms with van der Waals surface area (Å²) < 4.78 is 5.44. The van der Waals surface area contributed by atoms with E-state index in [1.54, 1.807) is 6.07 Å². The summed E-state index contributed by atoms with van der Waals surface area (Å²) >= 11 is 11.9. The highest BCUT2D eigenvalue weighted by Crippen LogP contribution is 2.19. The van der Waals surface area contributed by atoms with Crippen LogP contribution >= 0.6 is 23.2 Å². The molecule has 1 saturated heterocycles. The lowest BCUT2D eigenvalue weighted by Crippen LogP contribution is -2.28. The van der Waals surface area contributed by atoms with Gasteiger partial charge < -0.3 is 10.1 Å². The van der Waals surface area contributed by atoms with Gasteiger partial charge in [-0.15, -0.1) is 0 Å². The number of halogens is 2. The predicted octanol–water partition coefficient (Wildman–Crippen LogP) is 3.51. The molecule has 17 heavy (non-hydrogen) atoms. The van der Waals surface area contributed by atoms with Crippen molar-refractivity contribution in [3.05, 3.63) is 33.8 Å². The van der Waals surface area contributed by atoms with Crippen LogP contribution in [0.5, 0.6) is 0 Å². The highest BCUT2D eigenvalue weighted by atomic mass is 35.5. The molecule has 4 heteroatoms. The van der Waals surface area contributed by atoms with E-state index in [9.17, 15) is 0 Å². The van der Waals surface area contributed by atoms with Crippen LogP contribution in [0.25, 0.3) is 0 Å². The summed E-state index contributed by atoms with van der Waals surface area (Å²) in [4.78, 5) is 0. The molecule has 1 aromatic rings. The molecule has 1 aliphatic rings. The van der Waals surface area contributed by atoms with Crippen molar-refractivity contribution >= 4 is 23.2 Å². The molecule has 0 bridgehead atoms. The molecule has 1 atom stereocenters. The van der Waals surface area contributed by atoms with Gasteiger partial charge in [-0.05, 0) is 42.5 Å². The second kappa shape index (κ2) is 6.60. The maximum Gasteiger partial charge on any atom is 0.0506 e. The zero-order chi connectivity index (χ0) is 12.1. The molecule has 0 aromatic heterocycles. The van der Waals surface area contributed by atoms with Gasteiger partial charge in [0, 0.05) is 29.7 Å². The molecule has 1 aliphatic heterocycles. The minimum atomic E-state index is 0.637. The van der Waals surface area contributed by atoms with Crippen LogP contribution in [0, 0.1) is 5.92 Å². The van der Waals surface area contributed by atoms with Crippen molar-refractivity contribution in [2.75, 3.05) is 19.8 Å². The Morgan fingerprint density at radius 3 is 2.65 bits per heavy atom. The Balaban J connectivity index is 1.77. The Morgan fingerprint density at radius 1 is 1.24 bits per heavy atom. The molecule has 94 valence electrons. The predicted molar refractivity (Wildman–Crippen MR) is 71.7 cm³/mol. The number of hydrogen-bond donors (Lipinski definition) is 1. The zero-order valence-electron chi connectivity index (χ0n) is 9.72. The fourth-order valence-electron chi connectivity index (χ4n) is 2.10. The zero-order valence-corrected chi connectivity index (χ0v) is 11.2. The van der Waals surface area contributed by atoms with E-state index in [1.165, 1.54) is 12.8 Å². The van der Waals surface area contributed by atoms with Crippen molar-refractivity contribution in [2.24, 2.45) is 5.92 Å². The standard InChI is InChI=1S/C13H17Cl2NO/c14-12-4-11(5-13(15)6-12)8-16-7-10-2-1-3-17-9-10/h4-6,10,16H,1-3,7-9H2. The monoisotopic (exact) mass is 273 g/mol. The third kappa shape index (κ3) is 4.47. The number of benzene rings is 1.